The minimum atomic E-state index is -0.300. The largest absolute Gasteiger partial charge is 0.497 e. The van der Waals surface area contributed by atoms with Crippen LogP contribution in [0, 0.1) is 5.41 Å². The first-order valence-corrected chi connectivity index (χ1v) is 6.57. The van der Waals surface area contributed by atoms with E-state index in [1.165, 1.54) is 0 Å². The van der Waals surface area contributed by atoms with Crippen molar-refractivity contribution in [2.24, 2.45) is 5.41 Å². The molecule has 1 fully saturated rings. The molecule has 0 spiro atoms. The summed E-state index contributed by atoms with van der Waals surface area (Å²) in [6.45, 7) is 8.51. The van der Waals surface area contributed by atoms with Gasteiger partial charge in [-0.3, -0.25) is 0 Å². The molecule has 1 heterocycles. The highest BCUT2D eigenvalue weighted by Crippen LogP contribution is 2.22. The van der Waals surface area contributed by atoms with E-state index in [1.807, 2.05) is 24.3 Å². The van der Waals surface area contributed by atoms with Gasteiger partial charge < -0.3 is 14.0 Å². The zero-order valence-corrected chi connectivity index (χ0v) is 11.4. The minimum Gasteiger partial charge on any atom is -0.494 e. The predicted molar refractivity (Wildman–Crippen MR) is 73.3 cm³/mol. The summed E-state index contributed by atoms with van der Waals surface area (Å²) in [5, 5.41) is 0. The average molecular weight is 248 g/mol. The molecule has 0 atom stereocenters. The van der Waals surface area contributed by atoms with Crippen LogP contribution >= 0.6 is 0 Å². The van der Waals surface area contributed by atoms with Gasteiger partial charge in [0, 0.05) is 24.1 Å². The van der Waals surface area contributed by atoms with Crippen molar-refractivity contribution >= 4 is 12.6 Å². The van der Waals surface area contributed by atoms with E-state index in [-0.39, 0.29) is 12.5 Å². The summed E-state index contributed by atoms with van der Waals surface area (Å²) in [6, 6.07) is 7.94. The molecule has 0 unspecified atom stereocenters. The maximum absolute atomic E-state index is 5.80. The summed E-state index contributed by atoms with van der Waals surface area (Å²) >= 11 is 0. The molecule has 0 aromatic heterocycles. The Labute approximate surface area is 110 Å². The van der Waals surface area contributed by atoms with Gasteiger partial charge in [0.15, 0.2) is 0 Å². The number of para-hydroxylation sites is 1. The highest BCUT2D eigenvalue weighted by molar-refractivity contribution is 6.62. The van der Waals surface area contributed by atoms with Crippen LogP contribution in [0.1, 0.15) is 27.2 Å². The third-order valence-electron chi connectivity index (χ3n) is 2.89. The molecule has 0 saturated carbocycles. The van der Waals surface area contributed by atoms with Crippen LogP contribution < -0.4 is 10.2 Å². The van der Waals surface area contributed by atoms with Gasteiger partial charge in [0.25, 0.3) is 0 Å². The van der Waals surface area contributed by atoms with E-state index in [2.05, 4.69) is 20.8 Å². The molecule has 1 aliphatic rings. The van der Waals surface area contributed by atoms with Crippen LogP contribution in [-0.4, -0.2) is 26.9 Å². The Kier molecular flexibility index (Phi) is 4.30. The van der Waals surface area contributed by atoms with Crippen molar-refractivity contribution in [3.05, 3.63) is 24.3 Å². The van der Waals surface area contributed by atoms with Crippen molar-refractivity contribution in [3.63, 3.8) is 0 Å². The Morgan fingerprint density at radius 2 is 1.89 bits per heavy atom. The first-order chi connectivity index (χ1) is 8.62. The van der Waals surface area contributed by atoms with E-state index >= 15 is 0 Å². The van der Waals surface area contributed by atoms with Gasteiger partial charge in [0.2, 0.25) is 0 Å². The molecule has 1 aromatic carbocycles. The van der Waals surface area contributed by atoms with Gasteiger partial charge in [-0.15, -0.1) is 0 Å². The van der Waals surface area contributed by atoms with Crippen molar-refractivity contribution in [1.29, 1.82) is 0 Å². The summed E-state index contributed by atoms with van der Waals surface area (Å²) in [5.74, 6) is 0.865. The molecule has 0 radical (unpaired) electrons. The number of hydrogen-bond donors (Lipinski definition) is 0. The summed E-state index contributed by atoms with van der Waals surface area (Å²) in [4.78, 5) is 0. The summed E-state index contributed by atoms with van der Waals surface area (Å²) in [7, 11) is -0.300. The van der Waals surface area contributed by atoms with Crippen molar-refractivity contribution in [3.8, 4) is 5.75 Å². The molecule has 0 N–H and O–H groups in total. The molecule has 0 amide bonds. The number of ether oxygens (including phenoxy) is 1. The van der Waals surface area contributed by atoms with Crippen LogP contribution in [0.25, 0.3) is 0 Å². The summed E-state index contributed by atoms with van der Waals surface area (Å²) in [5.41, 5.74) is 1.08. The number of hydrogen-bond acceptors (Lipinski definition) is 3. The molecule has 0 bridgehead atoms. The fourth-order valence-electron chi connectivity index (χ4n) is 1.89. The molecule has 98 valence electrons. The van der Waals surface area contributed by atoms with Gasteiger partial charge in [-0.2, -0.15) is 0 Å². The van der Waals surface area contributed by atoms with Crippen molar-refractivity contribution in [2.45, 2.75) is 27.2 Å². The molecule has 1 saturated heterocycles. The lowest BCUT2D eigenvalue weighted by Crippen LogP contribution is -2.47. The van der Waals surface area contributed by atoms with E-state index in [9.17, 15) is 0 Å². The van der Waals surface area contributed by atoms with E-state index in [1.54, 1.807) is 0 Å². The summed E-state index contributed by atoms with van der Waals surface area (Å²) < 4.78 is 17.3. The van der Waals surface area contributed by atoms with Gasteiger partial charge >= 0.3 is 7.12 Å². The Hall–Kier alpha value is -0.995. The van der Waals surface area contributed by atoms with E-state index in [0.29, 0.717) is 13.2 Å². The van der Waals surface area contributed by atoms with Crippen LogP contribution in [0.5, 0.6) is 5.75 Å². The second-order valence-corrected chi connectivity index (χ2v) is 5.50. The smallest absolute Gasteiger partial charge is 0.494 e. The van der Waals surface area contributed by atoms with Crippen molar-refractivity contribution in [2.75, 3.05) is 19.8 Å². The minimum absolute atomic E-state index is 0.0930. The van der Waals surface area contributed by atoms with Crippen LogP contribution in [0.4, 0.5) is 0 Å². The molecule has 4 heteroatoms. The van der Waals surface area contributed by atoms with E-state index in [4.69, 9.17) is 14.0 Å². The van der Waals surface area contributed by atoms with Gasteiger partial charge in [-0.1, -0.05) is 39.0 Å². The fourth-order valence-corrected chi connectivity index (χ4v) is 1.89. The molecule has 1 aliphatic heterocycles. The number of benzene rings is 1. The van der Waals surface area contributed by atoms with Gasteiger partial charge in [0.05, 0.1) is 6.61 Å². The molecule has 0 aliphatic carbocycles. The molecule has 18 heavy (non-hydrogen) atoms. The zero-order valence-electron chi connectivity index (χ0n) is 11.4. The highest BCUT2D eigenvalue weighted by atomic mass is 16.6. The average Bonchev–Trinajstić information content (AvgIpc) is 2.37. The van der Waals surface area contributed by atoms with Gasteiger partial charge in [-0.05, 0) is 12.5 Å². The maximum Gasteiger partial charge on any atom is 0.497 e. The monoisotopic (exact) mass is 248 g/mol. The first-order valence-electron chi connectivity index (χ1n) is 6.57. The number of rotatable bonds is 4. The lowest BCUT2D eigenvalue weighted by Gasteiger charge is -2.33. The second-order valence-electron chi connectivity index (χ2n) is 5.50. The third kappa shape index (κ3) is 3.27. The molecule has 2 rings (SSSR count). The lowest BCUT2D eigenvalue weighted by molar-refractivity contribution is 0.0341. The lowest BCUT2D eigenvalue weighted by atomic mass is 9.75. The molecule has 3 nitrogen and oxygen atoms in total. The summed E-state index contributed by atoms with van der Waals surface area (Å²) in [6.07, 6.45) is 0.994. The van der Waals surface area contributed by atoms with E-state index in [0.717, 1.165) is 24.2 Å². The Bertz CT molecular complexity index is 382. The Morgan fingerprint density at radius 3 is 2.56 bits per heavy atom. The van der Waals surface area contributed by atoms with Crippen LogP contribution in [-0.2, 0) is 9.31 Å². The maximum atomic E-state index is 5.80. The molecule has 1 aromatic rings. The van der Waals surface area contributed by atoms with Crippen LogP contribution in [0.15, 0.2) is 24.3 Å². The van der Waals surface area contributed by atoms with Gasteiger partial charge in [-0.25, -0.2) is 0 Å². The SMILES string of the molecule is CCCOc1ccccc1B1OCC(C)(C)CO1. The Balaban J connectivity index is 2.08. The second kappa shape index (κ2) is 5.76. The molecular weight excluding hydrogens is 227 g/mol. The fraction of sp³-hybridized carbons (Fsp3) is 0.571. The van der Waals surface area contributed by atoms with E-state index < -0.39 is 0 Å². The quantitative estimate of drug-likeness (QED) is 0.765. The van der Waals surface area contributed by atoms with Crippen molar-refractivity contribution < 1.29 is 14.0 Å². The van der Waals surface area contributed by atoms with Crippen LogP contribution in [0.3, 0.4) is 0 Å². The topological polar surface area (TPSA) is 27.7 Å². The third-order valence-corrected chi connectivity index (χ3v) is 2.89. The first kappa shape index (κ1) is 13.4. The van der Waals surface area contributed by atoms with Gasteiger partial charge in [0.1, 0.15) is 5.75 Å². The Morgan fingerprint density at radius 1 is 1.22 bits per heavy atom. The predicted octanol–water partition coefficient (Wildman–Crippen LogP) is 2.24. The highest BCUT2D eigenvalue weighted by Gasteiger charge is 2.35. The molecular formula is C14H21BO3. The normalized spacial score (nSPS) is 18.7. The zero-order chi connectivity index (χ0) is 13.0. The van der Waals surface area contributed by atoms with Crippen LogP contribution in [0.2, 0.25) is 0 Å². The van der Waals surface area contributed by atoms with Crippen molar-refractivity contribution in [1.82, 2.24) is 0 Å². The standard InChI is InChI=1S/C14H21BO3/c1-4-9-16-13-8-6-5-7-12(13)15-17-10-14(2,3)11-18-15/h5-8H,4,9-11H2,1-3H3.